The van der Waals surface area contributed by atoms with Gasteiger partial charge in [0.1, 0.15) is 0 Å². The zero-order chi connectivity index (χ0) is 18.4. The molecule has 0 unspecified atom stereocenters. The Hall–Kier alpha value is -2.66. The van der Waals surface area contributed by atoms with Gasteiger partial charge >= 0.3 is 0 Å². The van der Waals surface area contributed by atoms with Crippen molar-refractivity contribution in [2.75, 3.05) is 13.1 Å². The van der Waals surface area contributed by atoms with E-state index in [2.05, 4.69) is 41.8 Å². The highest BCUT2D eigenvalue weighted by Gasteiger charge is 2.20. The van der Waals surface area contributed by atoms with Crippen LogP contribution < -0.4 is 0 Å². The molecule has 0 atom stereocenters. The maximum Gasteiger partial charge on any atom is 0.253 e. The summed E-state index contributed by atoms with van der Waals surface area (Å²) in [5.41, 5.74) is 5.35. The van der Waals surface area contributed by atoms with Crippen LogP contribution in [0.2, 0.25) is 0 Å². The van der Waals surface area contributed by atoms with Gasteiger partial charge in [-0.3, -0.25) is 9.20 Å². The average Bonchev–Trinajstić information content (AvgIpc) is 3.43. The molecule has 3 heterocycles. The molecule has 4 aromatic rings. The summed E-state index contributed by atoms with van der Waals surface area (Å²) in [5.74, 6) is 0.150. The summed E-state index contributed by atoms with van der Waals surface area (Å²) < 4.78 is 3.24. The van der Waals surface area contributed by atoms with Crippen molar-refractivity contribution in [1.82, 2.24) is 14.3 Å². The molecule has 1 aliphatic heterocycles. The van der Waals surface area contributed by atoms with Gasteiger partial charge in [-0.15, -0.1) is 0 Å². The lowest BCUT2D eigenvalue weighted by Crippen LogP contribution is -2.27. The molecule has 1 aliphatic rings. The first-order valence-corrected chi connectivity index (χ1v) is 10.3. The number of rotatable bonds is 3. The van der Waals surface area contributed by atoms with E-state index < -0.39 is 0 Å². The normalized spacial score (nSPS) is 14.5. The molecular weight excluding hydrogens is 354 g/mol. The number of aryl methyl sites for hydroxylation is 1. The molecule has 136 valence electrons. The fourth-order valence-corrected chi connectivity index (χ4v) is 4.83. The molecule has 2 aromatic carbocycles. The van der Waals surface area contributed by atoms with Gasteiger partial charge in [0.15, 0.2) is 4.96 Å². The molecule has 2 aromatic heterocycles. The highest BCUT2D eigenvalue weighted by atomic mass is 32.1. The topological polar surface area (TPSA) is 37.6 Å². The summed E-state index contributed by atoms with van der Waals surface area (Å²) in [7, 11) is 0. The predicted molar refractivity (Wildman–Crippen MR) is 111 cm³/mol. The largest absolute Gasteiger partial charge is 0.339 e. The Balaban J connectivity index is 1.51. The van der Waals surface area contributed by atoms with Crippen LogP contribution >= 0.6 is 11.3 Å². The first-order valence-electron chi connectivity index (χ1n) is 9.53. The average molecular weight is 375 g/mol. The van der Waals surface area contributed by atoms with Crippen LogP contribution in [-0.2, 0) is 6.42 Å². The van der Waals surface area contributed by atoms with Crippen LogP contribution in [0, 0.1) is 0 Å². The Morgan fingerprint density at radius 2 is 1.89 bits per heavy atom. The van der Waals surface area contributed by atoms with Crippen molar-refractivity contribution in [3.05, 3.63) is 59.8 Å². The van der Waals surface area contributed by atoms with E-state index in [0.717, 1.165) is 64.4 Å². The summed E-state index contributed by atoms with van der Waals surface area (Å²) in [6.07, 6.45) is 5.37. The molecule has 1 amide bonds. The number of aromatic nitrogens is 2. The van der Waals surface area contributed by atoms with Crippen LogP contribution in [0.15, 0.2) is 48.7 Å². The Labute approximate surface area is 162 Å². The summed E-state index contributed by atoms with van der Waals surface area (Å²) in [4.78, 5) is 20.4. The van der Waals surface area contributed by atoms with Gasteiger partial charge in [0.05, 0.1) is 15.9 Å². The van der Waals surface area contributed by atoms with Crippen LogP contribution in [0.4, 0.5) is 0 Å². The monoisotopic (exact) mass is 375 g/mol. The number of benzene rings is 2. The number of amides is 1. The lowest BCUT2D eigenvalue weighted by atomic mass is 10.1. The molecule has 5 rings (SSSR count). The van der Waals surface area contributed by atoms with Gasteiger partial charge in [-0.1, -0.05) is 42.5 Å². The zero-order valence-electron chi connectivity index (χ0n) is 15.3. The summed E-state index contributed by atoms with van der Waals surface area (Å²) in [6, 6.07) is 14.6. The van der Waals surface area contributed by atoms with E-state index in [1.54, 1.807) is 11.3 Å². The maximum absolute atomic E-state index is 12.6. The minimum atomic E-state index is 0.150. The molecular formula is C22H21N3OS. The molecule has 0 bridgehead atoms. The van der Waals surface area contributed by atoms with Crippen LogP contribution in [0.25, 0.3) is 26.4 Å². The van der Waals surface area contributed by atoms with Gasteiger partial charge in [-0.2, -0.15) is 0 Å². The number of hydrogen-bond donors (Lipinski definition) is 0. The summed E-state index contributed by atoms with van der Waals surface area (Å²) in [5, 5.41) is 0. The third-order valence-corrected chi connectivity index (χ3v) is 6.41. The van der Waals surface area contributed by atoms with Crippen LogP contribution in [0.3, 0.4) is 0 Å². The summed E-state index contributed by atoms with van der Waals surface area (Å²) >= 11 is 1.64. The Kier molecular flexibility index (Phi) is 3.97. The Bertz CT molecular complexity index is 1130. The Morgan fingerprint density at radius 3 is 2.63 bits per heavy atom. The van der Waals surface area contributed by atoms with E-state index in [-0.39, 0.29) is 5.91 Å². The number of fused-ring (bicyclic) bond motifs is 3. The van der Waals surface area contributed by atoms with Gasteiger partial charge in [0, 0.05) is 30.4 Å². The van der Waals surface area contributed by atoms with Crippen molar-refractivity contribution in [1.29, 1.82) is 0 Å². The molecule has 0 aliphatic carbocycles. The lowest BCUT2D eigenvalue weighted by Gasteiger charge is -2.14. The number of nitrogens with zero attached hydrogens (tertiary/aromatic N) is 3. The number of thiazole rings is 1. The lowest BCUT2D eigenvalue weighted by molar-refractivity contribution is 0.0793. The molecule has 27 heavy (non-hydrogen) atoms. The van der Waals surface area contributed by atoms with Crippen molar-refractivity contribution in [3.8, 4) is 11.3 Å². The zero-order valence-corrected chi connectivity index (χ0v) is 16.1. The fraction of sp³-hybridized carbons (Fsp3) is 0.273. The van der Waals surface area contributed by atoms with Crippen molar-refractivity contribution in [3.63, 3.8) is 0 Å². The third-order valence-electron chi connectivity index (χ3n) is 5.39. The van der Waals surface area contributed by atoms with E-state index >= 15 is 0 Å². The number of hydrogen-bond acceptors (Lipinski definition) is 3. The van der Waals surface area contributed by atoms with Gasteiger partial charge in [-0.25, -0.2) is 4.98 Å². The number of likely N-dealkylation sites (tertiary alicyclic amines) is 1. The third kappa shape index (κ3) is 2.82. The molecule has 1 fully saturated rings. The second kappa shape index (κ2) is 6.50. The van der Waals surface area contributed by atoms with Gasteiger partial charge in [0.2, 0.25) is 0 Å². The summed E-state index contributed by atoms with van der Waals surface area (Å²) in [6.45, 7) is 3.92. The second-order valence-corrected chi connectivity index (χ2v) is 8.12. The predicted octanol–water partition coefficient (Wildman–Crippen LogP) is 5.01. The van der Waals surface area contributed by atoms with Gasteiger partial charge < -0.3 is 4.90 Å². The van der Waals surface area contributed by atoms with Crippen LogP contribution in [-0.4, -0.2) is 33.3 Å². The molecule has 0 radical (unpaired) electrons. The maximum atomic E-state index is 12.6. The van der Waals surface area contributed by atoms with Crippen molar-refractivity contribution < 1.29 is 4.79 Å². The van der Waals surface area contributed by atoms with Crippen molar-refractivity contribution >= 4 is 32.4 Å². The number of imidazole rings is 1. The van der Waals surface area contributed by atoms with Crippen LogP contribution in [0.1, 0.15) is 35.7 Å². The van der Waals surface area contributed by atoms with E-state index in [9.17, 15) is 4.79 Å². The number of carbonyl (C=O) groups is 1. The highest BCUT2D eigenvalue weighted by molar-refractivity contribution is 7.23. The van der Waals surface area contributed by atoms with E-state index in [1.165, 1.54) is 5.56 Å². The molecule has 1 saturated heterocycles. The molecule has 5 heteroatoms. The number of carbonyl (C=O) groups excluding carboxylic acids is 1. The highest BCUT2D eigenvalue weighted by Crippen LogP contribution is 2.30. The van der Waals surface area contributed by atoms with Crippen molar-refractivity contribution in [2.24, 2.45) is 0 Å². The van der Waals surface area contributed by atoms with E-state index in [0.29, 0.717) is 0 Å². The minimum absolute atomic E-state index is 0.150. The van der Waals surface area contributed by atoms with E-state index in [4.69, 9.17) is 4.98 Å². The SMILES string of the molecule is CCc1ccc(-c2cn3c(n2)sc2cc(C(=O)N4CCCC4)ccc23)cc1. The van der Waals surface area contributed by atoms with Gasteiger partial charge in [0.25, 0.3) is 5.91 Å². The quantitative estimate of drug-likeness (QED) is 0.504. The Morgan fingerprint density at radius 1 is 1.11 bits per heavy atom. The molecule has 0 N–H and O–H groups in total. The fourth-order valence-electron chi connectivity index (χ4n) is 3.79. The molecule has 4 nitrogen and oxygen atoms in total. The standard InChI is InChI=1S/C22H21N3OS/c1-2-15-5-7-16(8-6-15)18-14-25-19-10-9-17(13-20(19)27-22(25)23-18)21(26)24-11-3-4-12-24/h5-10,13-14H,2-4,11-12H2,1H3. The first kappa shape index (κ1) is 16.5. The smallest absolute Gasteiger partial charge is 0.253 e. The minimum Gasteiger partial charge on any atom is -0.339 e. The first-order chi connectivity index (χ1) is 13.2. The molecule has 0 spiro atoms. The van der Waals surface area contributed by atoms with E-state index in [1.807, 2.05) is 23.1 Å². The van der Waals surface area contributed by atoms with Gasteiger partial charge in [-0.05, 0) is 43.0 Å². The second-order valence-electron chi connectivity index (χ2n) is 7.11. The molecule has 0 saturated carbocycles. The van der Waals surface area contributed by atoms with Crippen LogP contribution in [0.5, 0.6) is 0 Å². The van der Waals surface area contributed by atoms with Crippen molar-refractivity contribution in [2.45, 2.75) is 26.2 Å².